The van der Waals surface area contributed by atoms with Gasteiger partial charge in [0.2, 0.25) is 10.0 Å². The van der Waals surface area contributed by atoms with Crippen molar-refractivity contribution in [3.05, 3.63) is 35.1 Å². The first kappa shape index (κ1) is 11.8. The van der Waals surface area contributed by atoms with Crippen molar-refractivity contribution in [3.8, 4) is 0 Å². The number of nitrogens with zero attached hydrogens (tertiary/aromatic N) is 1. The standard InChI is InChI=1S/C10H11BrN2O2S/c11-8-5-10(7-12-6-8)16(14,15)13-9-3-1-2-4-9/h1-2,5-7,9,13H,3-4H2. The van der Waals surface area contributed by atoms with Gasteiger partial charge in [0.25, 0.3) is 0 Å². The minimum absolute atomic E-state index is 0.0241. The Balaban J connectivity index is 2.18. The highest BCUT2D eigenvalue weighted by atomic mass is 79.9. The molecule has 0 saturated heterocycles. The van der Waals surface area contributed by atoms with Crippen LogP contribution in [0.2, 0.25) is 0 Å². The number of halogens is 1. The van der Waals surface area contributed by atoms with E-state index in [1.807, 2.05) is 12.2 Å². The Morgan fingerprint density at radius 3 is 2.62 bits per heavy atom. The van der Waals surface area contributed by atoms with Crippen LogP contribution in [0.3, 0.4) is 0 Å². The lowest BCUT2D eigenvalue weighted by Gasteiger charge is -2.12. The van der Waals surface area contributed by atoms with Crippen molar-refractivity contribution in [1.82, 2.24) is 9.71 Å². The fourth-order valence-corrected chi connectivity index (χ4v) is 3.31. The van der Waals surface area contributed by atoms with Crippen LogP contribution in [0.5, 0.6) is 0 Å². The largest absolute Gasteiger partial charge is 0.262 e. The van der Waals surface area contributed by atoms with Crippen LogP contribution in [0.25, 0.3) is 0 Å². The molecule has 6 heteroatoms. The first-order chi connectivity index (χ1) is 7.58. The summed E-state index contributed by atoms with van der Waals surface area (Å²) in [6, 6.07) is 1.52. The number of nitrogens with one attached hydrogen (secondary N) is 1. The van der Waals surface area contributed by atoms with E-state index in [-0.39, 0.29) is 10.9 Å². The molecule has 0 fully saturated rings. The number of sulfonamides is 1. The Hall–Kier alpha value is -0.720. The predicted molar refractivity (Wildman–Crippen MR) is 64.4 cm³/mol. The van der Waals surface area contributed by atoms with Crippen molar-refractivity contribution in [2.24, 2.45) is 0 Å². The molecule has 0 unspecified atom stereocenters. The number of hydrogen-bond acceptors (Lipinski definition) is 3. The molecule has 0 bridgehead atoms. The third-order valence-corrected chi connectivity index (χ3v) is 4.24. The van der Waals surface area contributed by atoms with E-state index >= 15 is 0 Å². The quantitative estimate of drug-likeness (QED) is 0.867. The molecule has 0 radical (unpaired) electrons. The van der Waals surface area contributed by atoms with Gasteiger partial charge in [-0.3, -0.25) is 4.98 Å². The maximum Gasteiger partial charge on any atom is 0.242 e. The summed E-state index contributed by atoms with van der Waals surface area (Å²) in [6.07, 6.45) is 8.35. The van der Waals surface area contributed by atoms with Crippen molar-refractivity contribution in [3.63, 3.8) is 0 Å². The second kappa shape index (κ2) is 4.65. The van der Waals surface area contributed by atoms with E-state index < -0.39 is 10.0 Å². The average Bonchev–Trinajstić information content (AvgIpc) is 2.70. The maximum atomic E-state index is 11.9. The van der Waals surface area contributed by atoms with E-state index in [2.05, 4.69) is 25.6 Å². The van der Waals surface area contributed by atoms with E-state index in [0.717, 1.165) is 12.8 Å². The van der Waals surface area contributed by atoms with E-state index in [1.54, 1.807) is 6.20 Å². The smallest absolute Gasteiger partial charge is 0.242 e. The molecule has 0 saturated carbocycles. The zero-order chi connectivity index (χ0) is 11.6. The van der Waals surface area contributed by atoms with Gasteiger partial charge in [0.1, 0.15) is 4.90 Å². The van der Waals surface area contributed by atoms with Crippen LogP contribution in [-0.4, -0.2) is 19.4 Å². The average molecular weight is 303 g/mol. The summed E-state index contributed by atoms with van der Waals surface area (Å²) >= 11 is 3.20. The highest BCUT2D eigenvalue weighted by molar-refractivity contribution is 9.10. The van der Waals surface area contributed by atoms with Gasteiger partial charge in [0.15, 0.2) is 0 Å². The van der Waals surface area contributed by atoms with Crippen LogP contribution < -0.4 is 4.72 Å². The highest BCUT2D eigenvalue weighted by Crippen LogP contribution is 2.17. The van der Waals surface area contributed by atoms with Gasteiger partial charge >= 0.3 is 0 Å². The topological polar surface area (TPSA) is 59.1 Å². The monoisotopic (exact) mass is 302 g/mol. The van der Waals surface area contributed by atoms with Crippen LogP contribution in [0, 0.1) is 0 Å². The molecule has 1 aromatic heterocycles. The van der Waals surface area contributed by atoms with E-state index in [4.69, 9.17) is 0 Å². The molecule has 0 amide bonds. The maximum absolute atomic E-state index is 11.9. The van der Waals surface area contributed by atoms with Crippen molar-refractivity contribution >= 4 is 26.0 Å². The molecule has 2 rings (SSSR count). The molecule has 1 aliphatic carbocycles. The molecule has 16 heavy (non-hydrogen) atoms. The molecule has 1 aromatic rings. The van der Waals surface area contributed by atoms with Crippen LogP contribution >= 0.6 is 15.9 Å². The molecule has 0 aliphatic heterocycles. The minimum atomic E-state index is -3.45. The predicted octanol–water partition coefficient (Wildman–Crippen LogP) is 1.84. The van der Waals surface area contributed by atoms with Gasteiger partial charge in [-0.05, 0) is 34.8 Å². The lowest BCUT2D eigenvalue weighted by molar-refractivity contribution is 0.557. The fourth-order valence-electron chi connectivity index (χ4n) is 1.54. The zero-order valence-corrected chi connectivity index (χ0v) is 10.8. The van der Waals surface area contributed by atoms with Gasteiger partial charge in [0, 0.05) is 22.9 Å². The van der Waals surface area contributed by atoms with Crippen molar-refractivity contribution in [1.29, 1.82) is 0 Å². The summed E-state index contributed by atoms with van der Waals surface area (Å²) in [7, 11) is -3.45. The van der Waals surface area contributed by atoms with Crippen LogP contribution in [0.15, 0.2) is 40.0 Å². The normalized spacial score (nSPS) is 16.8. The molecule has 4 nitrogen and oxygen atoms in total. The fraction of sp³-hybridized carbons (Fsp3) is 0.300. The van der Waals surface area contributed by atoms with Gasteiger partial charge in [-0.2, -0.15) is 0 Å². The third kappa shape index (κ3) is 2.69. The van der Waals surface area contributed by atoms with E-state index in [9.17, 15) is 8.42 Å². The molecule has 0 atom stereocenters. The molecule has 1 heterocycles. The summed E-state index contributed by atoms with van der Waals surface area (Å²) in [5.74, 6) is 0. The Bertz CT molecular complexity index is 505. The molecule has 1 N–H and O–H groups in total. The third-order valence-electron chi connectivity index (χ3n) is 2.32. The number of aromatic nitrogens is 1. The molecular formula is C10H11BrN2O2S. The number of pyridine rings is 1. The molecular weight excluding hydrogens is 292 g/mol. The zero-order valence-electron chi connectivity index (χ0n) is 8.43. The summed E-state index contributed by atoms with van der Waals surface area (Å²) in [5, 5.41) is 0. The van der Waals surface area contributed by atoms with E-state index in [0.29, 0.717) is 4.47 Å². The van der Waals surface area contributed by atoms with Crippen LogP contribution in [0.1, 0.15) is 12.8 Å². The Labute approximate surface area is 103 Å². The second-order valence-corrected chi connectivity index (χ2v) is 6.23. The Kier molecular flexibility index (Phi) is 3.41. The van der Waals surface area contributed by atoms with Crippen molar-refractivity contribution < 1.29 is 8.42 Å². The van der Waals surface area contributed by atoms with Gasteiger partial charge < -0.3 is 0 Å². The second-order valence-electron chi connectivity index (χ2n) is 3.60. The minimum Gasteiger partial charge on any atom is -0.262 e. The first-order valence-electron chi connectivity index (χ1n) is 4.86. The lowest BCUT2D eigenvalue weighted by Crippen LogP contribution is -2.32. The van der Waals surface area contributed by atoms with Crippen LogP contribution in [0.4, 0.5) is 0 Å². The Morgan fingerprint density at radius 2 is 2.00 bits per heavy atom. The van der Waals surface area contributed by atoms with Gasteiger partial charge in [-0.15, -0.1) is 0 Å². The SMILES string of the molecule is O=S(=O)(NC1CC=CC1)c1cncc(Br)c1. The van der Waals surface area contributed by atoms with Gasteiger partial charge in [0.05, 0.1) is 0 Å². The first-order valence-corrected chi connectivity index (χ1v) is 7.13. The van der Waals surface area contributed by atoms with E-state index in [1.165, 1.54) is 12.3 Å². The highest BCUT2D eigenvalue weighted by Gasteiger charge is 2.20. The van der Waals surface area contributed by atoms with Crippen LogP contribution in [-0.2, 0) is 10.0 Å². The molecule has 1 aliphatic rings. The summed E-state index contributed by atoms with van der Waals surface area (Å²) in [4.78, 5) is 4.03. The van der Waals surface area contributed by atoms with Gasteiger partial charge in [-0.1, -0.05) is 12.2 Å². The summed E-state index contributed by atoms with van der Waals surface area (Å²) in [6.45, 7) is 0. The molecule has 0 spiro atoms. The Morgan fingerprint density at radius 1 is 1.31 bits per heavy atom. The summed E-state index contributed by atoms with van der Waals surface area (Å²) < 4.78 is 27.2. The number of rotatable bonds is 3. The van der Waals surface area contributed by atoms with Gasteiger partial charge in [-0.25, -0.2) is 13.1 Å². The molecule has 0 aromatic carbocycles. The number of hydrogen-bond donors (Lipinski definition) is 1. The van der Waals surface area contributed by atoms with Crippen molar-refractivity contribution in [2.45, 2.75) is 23.8 Å². The van der Waals surface area contributed by atoms with Crippen molar-refractivity contribution in [2.75, 3.05) is 0 Å². The lowest BCUT2D eigenvalue weighted by atomic mass is 10.3. The summed E-state index contributed by atoms with van der Waals surface area (Å²) in [5.41, 5.74) is 0. The molecule has 86 valence electrons.